The molecule has 0 aliphatic rings. The second-order valence-corrected chi connectivity index (χ2v) is 3.91. The maximum absolute atomic E-state index is 11.3. The van der Waals surface area contributed by atoms with Crippen molar-refractivity contribution in [1.29, 1.82) is 0 Å². The second kappa shape index (κ2) is 5.83. The molecule has 2 N–H and O–H groups in total. The highest BCUT2D eigenvalue weighted by atomic mass is 35.5. The van der Waals surface area contributed by atoms with Gasteiger partial charge in [0.2, 0.25) is 0 Å². The van der Waals surface area contributed by atoms with Crippen molar-refractivity contribution < 1.29 is 4.79 Å². The fourth-order valence-corrected chi connectivity index (χ4v) is 1.57. The number of anilines is 1. The SMILES string of the molecule is CCCNC(=O)Nc1cc(Cl)cc(Cl)c1. The first-order valence-corrected chi connectivity index (χ1v) is 5.38. The van der Waals surface area contributed by atoms with Gasteiger partial charge in [-0.15, -0.1) is 0 Å². The maximum Gasteiger partial charge on any atom is 0.319 e. The van der Waals surface area contributed by atoms with E-state index in [9.17, 15) is 4.79 Å². The maximum atomic E-state index is 11.3. The van der Waals surface area contributed by atoms with Gasteiger partial charge in [-0.1, -0.05) is 30.1 Å². The zero-order valence-electron chi connectivity index (χ0n) is 8.31. The molecule has 15 heavy (non-hydrogen) atoms. The highest BCUT2D eigenvalue weighted by molar-refractivity contribution is 6.35. The molecule has 1 rings (SSSR count). The Morgan fingerprint density at radius 3 is 2.40 bits per heavy atom. The summed E-state index contributed by atoms with van der Waals surface area (Å²) in [4.78, 5) is 11.3. The Balaban J connectivity index is 2.60. The fourth-order valence-electron chi connectivity index (χ4n) is 1.04. The number of rotatable bonds is 3. The summed E-state index contributed by atoms with van der Waals surface area (Å²) < 4.78 is 0. The summed E-state index contributed by atoms with van der Waals surface area (Å²) in [6.45, 7) is 2.62. The van der Waals surface area contributed by atoms with Gasteiger partial charge in [-0.25, -0.2) is 4.79 Å². The molecule has 0 unspecified atom stereocenters. The number of carbonyl (C=O) groups is 1. The van der Waals surface area contributed by atoms with Crippen molar-refractivity contribution in [2.75, 3.05) is 11.9 Å². The Labute approximate surface area is 98.8 Å². The Bertz CT molecular complexity index is 335. The Kier molecular flexibility index (Phi) is 4.72. The highest BCUT2D eigenvalue weighted by Gasteiger charge is 2.02. The van der Waals surface area contributed by atoms with E-state index in [0.717, 1.165) is 6.42 Å². The molecule has 1 aromatic rings. The van der Waals surface area contributed by atoms with Crippen LogP contribution in [0.1, 0.15) is 13.3 Å². The first kappa shape index (κ1) is 12.1. The molecule has 2 amide bonds. The van der Waals surface area contributed by atoms with Crippen molar-refractivity contribution in [3.8, 4) is 0 Å². The minimum Gasteiger partial charge on any atom is -0.338 e. The average molecular weight is 247 g/mol. The van der Waals surface area contributed by atoms with Crippen LogP contribution in [-0.4, -0.2) is 12.6 Å². The number of benzene rings is 1. The van der Waals surface area contributed by atoms with Crippen molar-refractivity contribution in [3.63, 3.8) is 0 Å². The predicted octanol–water partition coefficient (Wildman–Crippen LogP) is 3.52. The Morgan fingerprint density at radius 2 is 1.87 bits per heavy atom. The summed E-state index contributed by atoms with van der Waals surface area (Å²) >= 11 is 11.6. The lowest BCUT2D eigenvalue weighted by molar-refractivity contribution is 0.252. The van der Waals surface area contributed by atoms with E-state index >= 15 is 0 Å². The molecule has 82 valence electrons. The van der Waals surface area contributed by atoms with Crippen LogP contribution in [0.25, 0.3) is 0 Å². The molecular formula is C10H12Cl2N2O. The molecule has 0 heterocycles. The van der Waals surface area contributed by atoms with Crippen LogP contribution in [0.2, 0.25) is 10.0 Å². The smallest absolute Gasteiger partial charge is 0.319 e. The van der Waals surface area contributed by atoms with Crippen LogP contribution in [0.15, 0.2) is 18.2 Å². The molecule has 0 bridgehead atoms. The molecular weight excluding hydrogens is 235 g/mol. The molecule has 0 radical (unpaired) electrons. The third kappa shape index (κ3) is 4.40. The van der Waals surface area contributed by atoms with Crippen molar-refractivity contribution in [1.82, 2.24) is 5.32 Å². The summed E-state index contributed by atoms with van der Waals surface area (Å²) in [5.74, 6) is 0. The monoisotopic (exact) mass is 246 g/mol. The van der Waals surface area contributed by atoms with E-state index in [0.29, 0.717) is 22.3 Å². The van der Waals surface area contributed by atoms with Gasteiger partial charge >= 0.3 is 6.03 Å². The van der Waals surface area contributed by atoms with Crippen molar-refractivity contribution in [2.45, 2.75) is 13.3 Å². The number of amides is 2. The lowest BCUT2D eigenvalue weighted by atomic mass is 10.3. The molecule has 0 fully saturated rings. The topological polar surface area (TPSA) is 41.1 Å². The standard InChI is InChI=1S/C10H12Cl2N2O/c1-2-3-13-10(15)14-9-5-7(11)4-8(12)6-9/h4-6H,2-3H2,1H3,(H2,13,14,15). The first-order valence-electron chi connectivity index (χ1n) is 4.62. The minimum absolute atomic E-state index is 0.254. The number of carbonyl (C=O) groups excluding carboxylic acids is 1. The van der Waals surface area contributed by atoms with E-state index in [2.05, 4.69) is 10.6 Å². The third-order valence-electron chi connectivity index (χ3n) is 1.66. The van der Waals surface area contributed by atoms with Crippen LogP contribution in [0.3, 0.4) is 0 Å². The van der Waals surface area contributed by atoms with Gasteiger partial charge in [0.1, 0.15) is 0 Å². The minimum atomic E-state index is -0.254. The van der Waals surface area contributed by atoms with Crippen molar-refractivity contribution in [2.24, 2.45) is 0 Å². The summed E-state index contributed by atoms with van der Waals surface area (Å²) in [5, 5.41) is 6.31. The third-order valence-corrected chi connectivity index (χ3v) is 2.09. The highest BCUT2D eigenvalue weighted by Crippen LogP contribution is 2.22. The number of nitrogens with one attached hydrogen (secondary N) is 2. The molecule has 0 saturated heterocycles. The van der Waals surface area contributed by atoms with E-state index in [1.165, 1.54) is 0 Å². The molecule has 5 heteroatoms. The van der Waals surface area contributed by atoms with Crippen molar-refractivity contribution >= 4 is 34.9 Å². The fraction of sp³-hybridized carbons (Fsp3) is 0.300. The second-order valence-electron chi connectivity index (χ2n) is 3.04. The predicted molar refractivity (Wildman–Crippen MR) is 63.8 cm³/mol. The quantitative estimate of drug-likeness (QED) is 0.842. The number of urea groups is 1. The summed E-state index contributed by atoms with van der Waals surface area (Å²) in [6.07, 6.45) is 0.893. The zero-order valence-corrected chi connectivity index (χ0v) is 9.82. The van der Waals surface area contributed by atoms with Crippen LogP contribution in [-0.2, 0) is 0 Å². The molecule has 0 aliphatic heterocycles. The van der Waals surface area contributed by atoms with Gasteiger partial charge in [0.25, 0.3) is 0 Å². The summed E-state index contributed by atoms with van der Waals surface area (Å²) in [7, 11) is 0. The van der Waals surface area contributed by atoms with Gasteiger partial charge in [0, 0.05) is 22.3 Å². The Morgan fingerprint density at radius 1 is 1.27 bits per heavy atom. The zero-order chi connectivity index (χ0) is 11.3. The molecule has 1 aromatic carbocycles. The van der Waals surface area contributed by atoms with Crippen LogP contribution < -0.4 is 10.6 Å². The van der Waals surface area contributed by atoms with Gasteiger partial charge in [-0.3, -0.25) is 0 Å². The lowest BCUT2D eigenvalue weighted by Gasteiger charge is -2.07. The van der Waals surface area contributed by atoms with E-state index in [1.54, 1.807) is 18.2 Å². The largest absolute Gasteiger partial charge is 0.338 e. The van der Waals surface area contributed by atoms with E-state index in [-0.39, 0.29) is 6.03 Å². The van der Waals surface area contributed by atoms with Crippen LogP contribution in [0.5, 0.6) is 0 Å². The van der Waals surface area contributed by atoms with Crippen LogP contribution in [0, 0.1) is 0 Å². The van der Waals surface area contributed by atoms with Gasteiger partial charge in [-0.2, -0.15) is 0 Å². The molecule has 0 aromatic heterocycles. The number of hydrogen-bond acceptors (Lipinski definition) is 1. The molecule has 0 saturated carbocycles. The number of halogens is 2. The van der Waals surface area contributed by atoms with Crippen LogP contribution >= 0.6 is 23.2 Å². The molecule has 3 nitrogen and oxygen atoms in total. The normalized spacial score (nSPS) is 9.80. The number of hydrogen-bond donors (Lipinski definition) is 2. The summed E-state index contributed by atoms with van der Waals surface area (Å²) in [6, 6.07) is 4.63. The van der Waals surface area contributed by atoms with Crippen molar-refractivity contribution in [3.05, 3.63) is 28.2 Å². The van der Waals surface area contributed by atoms with Gasteiger partial charge in [0.05, 0.1) is 0 Å². The van der Waals surface area contributed by atoms with Gasteiger partial charge in [0.15, 0.2) is 0 Å². The van der Waals surface area contributed by atoms with E-state index in [4.69, 9.17) is 23.2 Å². The molecule has 0 spiro atoms. The van der Waals surface area contributed by atoms with Crippen LogP contribution in [0.4, 0.5) is 10.5 Å². The van der Waals surface area contributed by atoms with Gasteiger partial charge in [-0.05, 0) is 24.6 Å². The Hall–Kier alpha value is -0.930. The molecule has 0 aliphatic carbocycles. The lowest BCUT2D eigenvalue weighted by Crippen LogP contribution is -2.29. The summed E-state index contributed by atoms with van der Waals surface area (Å²) in [5.41, 5.74) is 0.584. The average Bonchev–Trinajstić information content (AvgIpc) is 2.13. The first-order chi connectivity index (χ1) is 7.11. The van der Waals surface area contributed by atoms with E-state index < -0.39 is 0 Å². The van der Waals surface area contributed by atoms with E-state index in [1.807, 2.05) is 6.92 Å². The molecule has 0 atom stereocenters. The van der Waals surface area contributed by atoms with Gasteiger partial charge < -0.3 is 10.6 Å².